The van der Waals surface area contributed by atoms with E-state index >= 15 is 0 Å². The predicted molar refractivity (Wildman–Crippen MR) is 69.4 cm³/mol. The Morgan fingerprint density at radius 2 is 1.88 bits per heavy atom. The standard InChI is InChI=1S/C14H26N2O/c1-14(2,3)12-10-7-5-4-6-9(10)8-11(16-12)13(15)17/h9-12,16H,4-8H2,1-3H3,(H2,15,17)/t9-,10+,11-,12-/m0/s1. The molecule has 1 amide bonds. The molecule has 1 aliphatic carbocycles. The summed E-state index contributed by atoms with van der Waals surface area (Å²) in [6, 6.07) is 0.317. The van der Waals surface area contributed by atoms with Gasteiger partial charge in [0.05, 0.1) is 6.04 Å². The number of fused-ring (bicyclic) bond motifs is 1. The van der Waals surface area contributed by atoms with Crippen molar-refractivity contribution in [3.63, 3.8) is 0 Å². The van der Waals surface area contributed by atoms with Crippen LogP contribution in [0.25, 0.3) is 0 Å². The van der Waals surface area contributed by atoms with Crippen LogP contribution < -0.4 is 11.1 Å². The van der Waals surface area contributed by atoms with Crippen LogP contribution >= 0.6 is 0 Å². The number of nitrogens with two attached hydrogens (primary N) is 1. The van der Waals surface area contributed by atoms with E-state index < -0.39 is 0 Å². The molecule has 0 spiro atoms. The van der Waals surface area contributed by atoms with Crippen LogP contribution in [0.1, 0.15) is 52.9 Å². The first-order valence-electron chi connectivity index (χ1n) is 6.95. The van der Waals surface area contributed by atoms with Crippen molar-refractivity contribution in [2.24, 2.45) is 23.0 Å². The highest BCUT2D eigenvalue weighted by Gasteiger charge is 2.44. The highest BCUT2D eigenvalue weighted by molar-refractivity contribution is 5.80. The number of hydrogen-bond donors (Lipinski definition) is 2. The molecule has 2 rings (SSSR count). The van der Waals surface area contributed by atoms with Gasteiger partial charge in [0.1, 0.15) is 0 Å². The van der Waals surface area contributed by atoms with Crippen molar-refractivity contribution in [1.29, 1.82) is 0 Å². The first-order chi connectivity index (χ1) is 7.89. The molecule has 0 radical (unpaired) electrons. The van der Waals surface area contributed by atoms with Gasteiger partial charge in [0, 0.05) is 6.04 Å². The third kappa shape index (κ3) is 2.65. The molecule has 17 heavy (non-hydrogen) atoms. The van der Waals surface area contributed by atoms with Crippen molar-refractivity contribution >= 4 is 5.91 Å². The third-order valence-corrected chi connectivity index (χ3v) is 4.59. The Labute approximate surface area is 105 Å². The van der Waals surface area contributed by atoms with Gasteiger partial charge in [0.2, 0.25) is 5.91 Å². The summed E-state index contributed by atoms with van der Waals surface area (Å²) in [5, 5.41) is 3.52. The number of amides is 1. The molecule has 3 nitrogen and oxygen atoms in total. The minimum Gasteiger partial charge on any atom is -0.368 e. The first-order valence-corrected chi connectivity index (χ1v) is 6.95. The lowest BCUT2D eigenvalue weighted by Gasteiger charge is -2.49. The second-order valence-corrected chi connectivity index (χ2v) is 6.91. The molecule has 0 aromatic carbocycles. The molecule has 2 aliphatic rings. The Morgan fingerprint density at radius 3 is 2.47 bits per heavy atom. The number of carbonyl (C=O) groups is 1. The minimum atomic E-state index is -0.178. The number of rotatable bonds is 1. The summed E-state index contributed by atoms with van der Waals surface area (Å²) in [6.07, 6.45) is 6.21. The van der Waals surface area contributed by atoms with E-state index in [2.05, 4.69) is 26.1 Å². The second-order valence-electron chi connectivity index (χ2n) is 6.91. The molecule has 4 atom stereocenters. The van der Waals surface area contributed by atoms with Crippen LogP contribution in [-0.4, -0.2) is 18.0 Å². The zero-order valence-corrected chi connectivity index (χ0v) is 11.3. The largest absolute Gasteiger partial charge is 0.368 e. The molecule has 0 aromatic rings. The number of hydrogen-bond acceptors (Lipinski definition) is 2. The van der Waals surface area contributed by atoms with E-state index in [0.29, 0.717) is 12.0 Å². The van der Waals surface area contributed by atoms with Crippen LogP contribution in [0.5, 0.6) is 0 Å². The second kappa shape index (κ2) is 4.60. The Hall–Kier alpha value is -0.570. The van der Waals surface area contributed by atoms with Gasteiger partial charge in [0.25, 0.3) is 0 Å². The normalized spacial score (nSPS) is 38.5. The molecule has 3 N–H and O–H groups in total. The molecule has 0 unspecified atom stereocenters. The summed E-state index contributed by atoms with van der Waals surface area (Å²) in [7, 11) is 0. The van der Waals surface area contributed by atoms with E-state index in [4.69, 9.17) is 5.73 Å². The average Bonchev–Trinajstić information content (AvgIpc) is 2.26. The van der Waals surface area contributed by atoms with Crippen molar-refractivity contribution in [1.82, 2.24) is 5.32 Å². The van der Waals surface area contributed by atoms with Crippen LogP contribution in [-0.2, 0) is 4.79 Å². The van der Waals surface area contributed by atoms with E-state index in [1.807, 2.05) is 0 Å². The van der Waals surface area contributed by atoms with Gasteiger partial charge in [0.15, 0.2) is 0 Å². The number of nitrogens with one attached hydrogen (secondary N) is 1. The molecular formula is C14H26N2O. The van der Waals surface area contributed by atoms with Crippen molar-refractivity contribution in [3.8, 4) is 0 Å². The number of carbonyl (C=O) groups excluding carboxylic acids is 1. The lowest BCUT2D eigenvalue weighted by molar-refractivity contribution is -0.122. The fourth-order valence-corrected chi connectivity index (χ4v) is 3.77. The van der Waals surface area contributed by atoms with Crippen molar-refractivity contribution in [2.45, 2.75) is 65.0 Å². The molecule has 0 aromatic heterocycles. The van der Waals surface area contributed by atoms with Gasteiger partial charge < -0.3 is 11.1 Å². The summed E-state index contributed by atoms with van der Waals surface area (Å²) < 4.78 is 0. The van der Waals surface area contributed by atoms with E-state index in [1.54, 1.807) is 0 Å². The number of piperidine rings is 1. The van der Waals surface area contributed by atoms with Gasteiger partial charge in [-0.2, -0.15) is 0 Å². The lowest BCUT2D eigenvalue weighted by atomic mass is 9.64. The number of primary amides is 1. The lowest BCUT2D eigenvalue weighted by Crippen LogP contribution is -2.60. The zero-order chi connectivity index (χ0) is 12.6. The maximum Gasteiger partial charge on any atom is 0.234 e. The topological polar surface area (TPSA) is 55.1 Å². The summed E-state index contributed by atoms with van der Waals surface area (Å²) in [5.74, 6) is 1.26. The molecule has 98 valence electrons. The average molecular weight is 238 g/mol. The van der Waals surface area contributed by atoms with Crippen LogP contribution in [0.2, 0.25) is 0 Å². The molecule has 0 bridgehead atoms. The minimum absolute atomic E-state index is 0.112. The van der Waals surface area contributed by atoms with Gasteiger partial charge in [-0.05, 0) is 30.1 Å². The highest BCUT2D eigenvalue weighted by Crippen LogP contribution is 2.43. The molecule has 2 fully saturated rings. The maximum absolute atomic E-state index is 11.5. The third-order valence-electron chi connectivity index (χ3n) is 4.59. The van der Waals surface area contributed by atoms with E-state index in [0.717, 1.165) is 12.3 Å². The van der Waals surface area contributed by atoms with Crippen LogP contribution in [0.15, 0.2) is 0 Å². The molecule has 3 heteroatoms. The Kier molecular flexibility index (Phi) is 3.48. The quantitative estimate of drug-likeness (QED) is 0.734. The van der Waals surface area contributed by atoms with E-state index in [1.165, 1.54) is 25.7 Å². The van der Waals surface area contributed by atoms with Gasteiger partial charge in [-0.25, -0.2) is 0 Å². The fourth-order valence-electron chi connectivity index (χ4n) is 3.77. The summed E-state index contributed by atoms with van der Waals surface area (Å²) in [4.78, 5) is 11.5. The smallest absolute Gasteiger partial charge is 0.234 e. The van der Waals surface area contributed by atoms with Crippen LogP contribution in [0.3, 0.4) is 0 Å². The van der Waals surface area contributed by atoms with E-state index in [-0.39, 0.29) is 17.4 Å². The Morgan fingerprint density at radius 1 is 1.24 bits per heavy atom. The van der Waals surface area contributed by atoms with Crippen LogP contribution in [0.4, 0.5) is 0 Å². The zero-order valence-electron chi connectivity index (χ0n) is 11.3. The van der Waals surface area contributed by atoms with Gasteiger partial charge in [-0.15, -0.1) is 0 Å². The molecule has 1 heterocycles. The predicted octanol–water partition coefficient (Wildman–Crippen LogP) is 2.05. The highest BCUT2D eigenvalue weighted by atomic mass is 16.1. The first kappa shape index (κ1) is 12.9. The van der Waals surface area contributed by atoms with Crippen molar-refractivity contribution < 1.29 is 4.79 Å². The monoisotopic (exact) mass is 238 g/mol. The Balaban J connectivity index is 2.18. The van der Waals surface area contributed by atoms with E-state index in [9.17, 15) is 4.79 Å². The summed E-state index contributed by atoms with van der Waals surface area (Å²) in [6.45, 7) is 6.79. The maximum atomic E-state index is 11.5. The Bertz CT molecular complexity index is 295. The molecule has 1 aliphatic heterocycles. The molecule has 1 saturated carbocycles. The van der Waals surface area contributed by atoms with Gasteiger partial charge >= 0.3 is 0 Å². The summed E-state index contributed by atoms with van der Waals surface area (Å²) in [5.41, 5.74) is 5.70. The van der Waals surface area contributed by atoms with Crippen molar-refractivity contribution in [2.75, 3.05) is 0 Å². The van der Waals surface area contributed by atoms with Gasteiger partial charge in [-0.3, -0.25) is 4.79 Å². The fraction of sp³-hybridized carbons (Fsp3) is 0.929. The SMILES string of the molecule is CC(C)(C)[C@H]1N[C@H](C(N)=O)C[C@@H]2CCCC[C@H]21. The summed E-state index contributed by atoms with van der Waals surface area (Å²) >= 11 is 0. The van der Waals surface area contributed by atoms with Crippen LogP contribution in [0, 0.1) is 17.3 Å². The van der Waals surface area contributed by atoms with Crippen molar-refractivity contribution in [3.05, 3.63) is 0 Å². The van der Waals surface area contributed by atoms with Gasteiger partial charge in [-0.1, -0.05) is 40.0 Å². The molecule has 1 saturated heterocycles. The molecular weight excluding hydrogens is 212 g/mol.